The Hall–Kier alpha value is -1.58. The van der Waals surface area contributed by atoms with Crippen LogP contribution in [0.3, 0.4) is 0 Å². The van der Waals surface area contributed by atoms with E-state index in [1.165, 1.54) is 32.8 Å². The number of hydrogen-bond acceptors (Lipinski definition) is 3. The van der Waals surface area contributed by atoms with Crippen molar-refractivity contribution in [2.75, 3.05) is 7.11 Å². The van der Waals surface area contributed by atoms with Crippen LogP contribution in [0.2, 0.25) is 0 Å². The van der Waals surface area contributed by atoms with E-state index in [9.17, 15) is 4.79 Å². The number of hydrogen-bond donors (Lipinski definition) is 1. The molecule has 98 valence electrons. The van der Waals surface area contributed by atoms with Crippen molar-refractivity contribution in [2.45, 2.75) is 44.6 Å². The number of nitrogens with one attached hydrogen (secondary N) is 1. The maximum Gasteiger partial charge on any atom is 0.256 e. The van der Waals surface area contributed by atoms with Crippen molar-refractivity contribution in [3.8, 4) is 5.88 Å². The second-order valence-corrected chi connectivity index (χ2v) is 4.72. The molecule has 0 aliphatic heterocycles. The van der Waals surface area contributed by atoms with Crippen LogP contribution < -0.4 is 10.1 Å². The van der Waals surface area contributed by atoms with Crippen LogP contribution in [0.25, 0.3) is 0 Å². The zero-order chi connectivity index (χ0) is 12.8. The Morgan fingerprint density at radius 1 is 1.33 bits per heavy atom. The largest absolute Gasteiger partial charge is 0.480 e. The van der Waals surface area contributed by atoms with Crippen LogP contribution in [0.5, 0.6) is 5.88 Å². The molecule has 1 aliphatic carbocycles. The number of ether oxygens (including phenoxy) is 1. The smallest absolute Gasteiger partial charge is 0.256 e. The molecule has 0 atom stereocenters. The van der Waals surface area contributed by atoms with E-state index < -0.39 is 0 Å². The molecular formula is C14H20N2O2. The first-order valence-corrected chi connectivity index (χ1v) is 6.61. The molecule has 1 aromatic heterocycles. The highest BCUT2D eigenvalue weighted by atomic mass is 16.5. The molecule has 1 fully saturated rings. The maximum atomic E-state index is 12.2. The predicted octanol–water partition coefficient (Wildman–Crippen LogP) is 2.54. The van der Waals surface area contributed by atoms with Gasteiger partial charge in [-0.25, -0.2) is 4.98 Å². The normalized spacial score (nSPS) is 16.9. The number of rotatable bonds is 3. The summed E-state index contributed by atoms with van der Waals surface area (Å²) in [5, 5.41) is 3.09. The van der Waals surface area contributed by atoms with Crippen LogP contribution in [0.15, 0.2) is 18.3 Å². The quantitative estimate of drug-likeness (QED) is 0.836. The summed E-state index contributed by atoms with van der Waals surface area (Å²) in [6, 6.07) is 3.80. The average Bonchev–Trinajstić information content (AvgIpc) is 2.67. The number of pyridine rings is 1. The first-order chi connectivity index (χ1) is 8.81. The van der Waals surface area contributed by atoms with Gasteiger partial charge in [-0.15, -0.1) is 0 Å². The molecule has 0 aromatic carbocycles. The Labute approximate surface area is 108 Å². The molecule has 1 saturated carbocycles. The van der Waals surface area contributed by atoms with Gasteiger partial charge in [0.2, 0.25) is 5.88 Å². The first kappa shape index (κ1) is 12.9. The van der Waals surface area contributed by atoms with Crippen LogP contribution in [-0.2, 0) is 0 Å². The summed E-state index contributed by atoms with van der Waals surface area (Å²) in [7, 11) is 1.53. The number of methoxy groups -OCH3 is 1. The molecule has 0 radical (unpaired) electrons. The summed E-state index contributed by atoms with van der Waals surface area (Å²) in [5.74, 6) is 0.315. The van der Waals surface area contributed by atoms with Gasteiger partial charge in [-0.2, -0.15) is 0 Å². The predicted molar refractivity (Wildman–Crippen MR) is 69.7 cm³/mol. The summed E-state index contributed by atoms with van der Waals surface area (Å²) in [5.41, 5.74) is 0.518. The fourth-order valence-corrected chi connectivity index (χ4v) is 2.41. The molecule has 0 saturated heterocycles. The Morgan fingerprint density at radius 3 is 2.72 bits per heavy atom. The van der Waals surface area contributed by atoms with Gasteiger partial charge in [-0.3, -0.25) is 4.79 Å². The second-order valence-electron chi connectivity index (χ2n) is 4.72. The van der Waals surface area contributed by atoms with Crippen molar-refractivity contribution in [3.05, 3.63) is 23.9 Å². The van der Waals surface area contributed by atoms with Gasteiger partial charge in [0.05, 0.1) is 7.11 Å². The van der Waals surface area contributed by atoms with Gasteiger partial charge in [-0.05, 0) is 25.0 Å². The summed E-state index contributed by atoms with van der Waals surface area (Å²) >= 11 is 0. The van der Waals surface area contributed by atoms with Gasteiger partial charge < -0.3 is 10.1 Å². The number of carbonyl (C=O) groups is 1. The van der Waals surface area contributed by atoms with Crippen LogP contribution in [0.1, 0.15) is 48.9 Å². The fraction of sp³-hybridized carbons (Fsp3) is 0.571. The molecule has 0 unspecified atom stereocenters. The molecule has 1 heterocycles. The topological polar surface area (TPSA) is 51.2 Å². The highest BCUT2D eigenvalue weighted by molar-refractivity contribution is 5.96. The number of carbonyl (C=O) groups excluding carboxylic acids is 1. The summed E-state index contributed by atoms with van der Waals surface area (Å²) in [6.45, 7) is 0. The first-order valence-electron chi connectivity index (χ1n) is 6.61. The lowest BCUT2D eigenvalue weighted by Gasteiger charge is -2.16. The van der Waals surface area contributed by atoms with Crippen molar-refractivity contribution in [3.63, 3.8) is 0 Å². The van der Waals surface area contributed by atoms with E-state index in [1.54, 1.807) is 18.3 Å². The molecule has 4 nitrogen and oxygen atoms in total. The molecule has 1 N–H and O–H groups in total. The highest BCUT2D eigenvalue weighted by Crippen LogP contribution is 2.19. The van der Waals surface area contributed by atoms with E-state index in [1.807, 2.05) is 0 Å². The molecular weight excluding hydrogens is 228 g/mol. The van der Waals surface area contributed by atoms with E-state index in [4.69, 9.17) is 4.74 Å². The molecule has 0 bridgehead atoms. The van der Waals surface area contributed by atoms with Gasteiger partial charge in [0, 0.05) is 12.2 Å². The second kappa shape index (κ2) is 6.38. The third kappa shape index (κ3) is 3.22. The van der Waals surface area contributed by atoms with Gasteiger partial charge >= 0.3 is 0 Å². The van der Waals surface area contributed by atoms with Crippen molar-refractivity contribution < 1.29 is 9.53 Å². The van der Waals surface area contributed by atoms with E-state index in [0.717, 1.165) is 12.8 Å². The van der Waals surface area contributed by atoms with Crippen LogP contribution in [0.4, 0.5) is 0 Å². The summed E-state index contributed by atoms with van der Waals surface area (Å²) in [4.78, 5) is 16.2. The average molecular weight is 248 g/mol. The van der Waals surface area contributed by atoms with Crippen molar-refractivity contribution in [2.24, 2.45) is 0 Å². The molecule has 2 rings (SSSR count). The van der Waals surface area contributed by atoms with Gasteiger partial charge in [0.25, 0.3) is 5.91 Å². The lowest BCUT2D eigenvalue weighted by Crippen LogP contribution is -2.34. The zero-order valence-corrected chi connectivity index (χ0v) is 10.8. The van der Waals surface area contributed by atoms with Gasteiger partial charge in [0.15, 0.2) is 0 Å². The van der Waals surface area contributed by atoms with Gasteiger partial charge in [-0.1, -0.05) is 25.7 Å². The molecule has 1 aromatic rings. The van der Waals surface area contributed by atoms with Crippen LogP contribution in [0, 0.1) is 0 Å². The molecule has 4 heteroatoms. The molecule has 1 aliphatic rings. The third-order valence-electron chi connectivity index (χ3n) is 3.40. The van der Waals surface area contributed by atoms with E-state index >= 15 is 0 Å². The standard InChI is InChI=1S/C14H20N2O2/c1-18-14-12(9-6-10-15-14)13(17)16-11-7-4-2-3-5-8-11/h6,9-11H,2-5,7-8H2,1H3,(H,16,17). The molecule has 1 amide bonds. The van der Waals surface area contributed by atoms with Crippen molar-refractivity contribution in [1.29, 1.82) is 0 Å². The van der Waals surface area contributed by atoms with Crippen molar-refractivity contribution >= 4 is 5.91 Å². The maximum absolute atomic E-state index is 12.2. The monoisotopic (exact) mass is 248 g/mol. The summed E-state index contributed by atoms with van der Waals surface area (Å²) < 4.78 is 5.11. The minimum atomic E-state index is -0.0770. The van der Waals surface area contributed by atoms with E-state index in [-0.39, 0.29) is 5.91 Å². The molecule has 0 spiro atoms. The number of nitrogens with zero attached hydrogens (tertiary/aromatic N) is 1. The van der Waals surface area contributed by atoms with E-state index in [2.05, 4.69) is 10.3 Å². The van der Waals surface area contributed by atoms with Crippen molar-refractivity contribution in [1.82, 2.24) is 10.3 Å². The lowest BCUT2D eigenvalue weighted by molar-refractivity contribution is 0.0929. The molecule has 18 heavy (non-hydrogen) atoms. The lowest BCUT2D eigenvalue weighted by atomic mass is 10.1. The minimum absolute atomic E-state index is 0.0770. The minimum Gasteiger partial charge on any atom is -0.480 e. The SMILES string of the molecule is COc1ncccc1C(=O)NC1CCCCCC1. The Bertz CT molecular complexity index is 399. The number of aromatic nitrogens is 1. The third-order valence-corrected chi connectivity index (χ3v) is 3.40. The number of amides is 1. The van der Waals surface area contributed by atoms with Crippen LogP contribution >= 0.6 is 0 Å². The van der Waals surface area contributed by atoms with Gasteiger partial charge in [0.1, 0.15) is 5.56 Å². The van der Waals surface area contributed by atoms with E-state index in [0.29, 0.717) is 17.5 Å². The Kier molecular flexibility index (Phi) is 4.56. The summed E-state index contributed by atoms with van der Waals surface area (Å²) in [6.07, 6.45) is 8.75. The van der Waals surface area contributed by atoms with Crippen LogP contribution in [-0.4, -0.2) is 24.0 Å². The fourth-order valence-electron chi connectivity index (χ4n) is 2.41. The highest BCUT2D eigenvalue weighted by Gasteiger charge is 2.18. The Balaban J connectivity index is 2.02. The zero-order valence-electron chi connectivity index (χ0n) is 10.8. The Morgan fingerprint density at radius 2 is 2.06 bits per heavy atom.